The monoisotopic (exact) mass is 395 g/mol. The Hall–Kier alpha value is -3.45. The lowest BCUT2D eigenvalue weighted by Crippen LogP contribution is -2.24. The average Bonchev–Trinajstić information content (AvgIpc) is 2.69. The van der Waals surface area contributed by atoms with E-state index in [-0.39, 0.29) is 17.5 Å². The zero-order chi connectivity index (χ0) is 19.9. The highest BCUT2D eigenvalue weighted by Gasteiger charge is 2.09. The lowest BCUT2D eigenvalue weighted by atomic mass is 10.2. The summed E-state index contributed by atoms with van der Waals surface area (Å²) in [5.74, 6) is 0.0473. The van der Waals surface area contributed by atoms with Crippen molar-refractivity contribution in [1.82, 2.24) is 15.3 Å². The van der Waals surface area contributed by atoms with Crippen molar-refractivity contribution in [3.8, 4) is 0 Å². The molecule has 3 rings (SSSR count). The third-order valence-corrected chi connectivity index (χ3v) is 4.00. The fourth-order valence-electron chi connectivity index (χ4n) is 2.41. The summed E-state index contributed by atoms with van der Waals surface area (Å²) < 4.78 is 0. The molecule has 142 valence electrons. The second-order valence-corrected chi connectivity index (χ2v) is 6.42. The maximum absolute atomic E-state index is 12.3. The van der Waals surface area contributed by atoms with Crippen LogP contribution >= 0.6 is 11.6 Å². The number of halogens is 1. The molecule has 2 aromatic carbocycles. The molecule has 0 saturated carbocycles. The Balaban J connectivity index is 1.62. The van der Waals surface area contributed by atoms with E-state index >= 15 is 0 Å². The van der Waals surface area contributed by atoms with Crippen LogP contribution < -0.4 is 16.0 Å². The third-order valence-electron chi connectivity index (χ3n) is 3.74. The Morgan fingerprint density at radius 2 is 1.64 bits per heavy atom. The summed E-state index contributed by atoms with van der Waals surface area (Å²) in [5.41, 5.74) is 2.65. The van der Waals surface area contributed by atoms with Crippen LogP contribution in [0, 0.1) is 0 Å². The second kappa shape index (κ2) is 8.96. The third kappa shape index (κ3) is 5.52. The van der Waals surface area contributed by atoms with E-state index in [1.807, 2.05) is 12.1 Å². The number of amides is 2. The first-order chi connectivity index (χ1) is 13.5. The Bertz CT molecular complexity index is 975. The number of carbonyl (C=O) groups excluding carboxylic acids is 2. The molecule has 0 aliphatic rings. The van der Waals surface area contributed by atoms with E-state index in [9.17, 15) is 9.59 Å². The van der Waals surface area contributed by atoms with Crippen LogP contribution in [0.3, 0.4) is 0 Å². The Morgan fingerprint density at radius 3 is 2.32 bits per heavy atom. The molecule has 3 N–H and O–H groups in total. The smallest absolute Gasteiger partial charge is 0.270 e. The highest BCUT2D eigenvalue weighted by Crippen LogP contribution is 2.18. The normalized spacial score (nSPS) is 10.2. The number of nitrogens with one attached hydrogen (secondary N) is 3. The number of nitrogens with zero attached hydrogens (tertiary/aromatic N) is 2. The average molecular weight is 396 g/mol. The van der Waals surface area contributed by atoms with Crippen LogP contribution in [-0.4, -0.2) is 21.8 Å². The summed E-state index contributed by atoms with van der Waals surface area (Å²) in [6, 6.07) is 15.9. The minimum atomic E-state index is -0.304. The van der Waals surface area contributed by atoms with Gasteiger partial charge >= 0.3 is 0 Å². The van der Waals surface area contributed by atoms with E-state index in [0.717, 1.165) is 11.3 Å². The molecule has 1 heterocycles. The predicted molar refractivity (Wildman–Crippen MR) is 109 cm³/mol. The first-order valence-electron chi connectivity index (χ1n) is 8.49. The zero-order valence-corrected chi connectivity index (χ0v) is 15.8. The van der Waals surface area contributed by atoms with E-state index in [1.54, 1.807) is 42.5 Å². The minimum absolute atomic E-state index is 0.134. The molecule has 0 aliphatic carbocycles. The van der Waals surface area contributed by atoms with Gasteiger partial charge in [-0.2, -0.15) is 0 Å². The van der Waals surface area contributed by atoms with Crippen molar-refractivity contribution < 1.29 is 9.59 Å². The summed E-state index contributed by atoms with van der Waals surface area (Å²) in [4.78, 5) is 31.6. The van der Waals surface area contributed by atoms with Crippen molar-refractivity contribution in [2.75, 3.05) is 10.6 Å². The van der Waals surface area contributed by atoms with Crippen molar-refractivity contribution in [3.05, 3.63) is 77.2 Å². The largest absolute Gasteiger partial charge is 0.347 e. The fraction of sp³-hybridized carbons (Fsp3) is 0.100. The standard InChI is InChI=1S/C20H18ClN5O2/c1-13(27)25-16-6-8-17(9-7-16)26-19-10-18(23-12-24-19)20(28)22-11-14-2-4-15(21)5-3-14/h2-10,12H,11H2,1H3,(H,22,28)(H,25,27)(H,23,24,26). The van der Waals surface area contributed by atoms with Crippen LogP contribution in [0.15, 0.2) is 60.9 Å². The number of hydrogen-bond donors (Lipinski definition) is 3. The lowest BCUT2D eigenvalue weighted by molar-refractivity contribution is -0.114. The van der Waals surface area contributed by atoms with Crippen LogP contribution in [0.4, 0.5) is 17.2 Å². The minimum Gasteiger partial charge on any atom is -0.347 e. The number of aromatic nitrogens is 2. The topological polar surface area (TPSA) is 96.0 Å². The van der Waals surface area contributed by atoms with Crippen molar-refractivity contribution in [1.29, 1.82) is 0 Å². The molecule has 28 heavy (non-hydrogen) atoms. The van der Waals surface area contributed by atoms with Gasteiger partial charge in [0.25, 0.3) is 5.91 Å². The Morgan fingerprint density at radius 1 is 0.964 bits per heavy atom. The molecular weight excluding hydrogens is 378 g/mol. The van der Waals surface area contributed by atoms with Gasteiger partial charge < -0.3 is 16.0 Å². The maximum Gasteiger partial charge on any atom is 0.270 e. The molecule has 1 aromatic heterocycles. The highest BCUT2D eigenvalue weighted by atomic mass is 35.5. The molecule has 0 aliphatic heterocycles. The van der Waals surface area contributed by atoms with Gasteiger partial charge in [0.05, 0.1) is 0 Å². The summed E-state index contributed by atoms with van der Waals surface area (Å²) in [6.07, 6.45) is 1.32. The molecule has 0 atom stereocenters. The van der Waals surface area contributed by atoms with Crippen molar-refractivity contribution in [2.24, 2.45) is 0 Å². The van der Waals surface area contributed by atoms with Gasteiger partial charge in [-0.15, -0.1) is 0 Å². The number of rotatable bonds is 6. The number of benzene rings is 2. The van der Waals surface area contributed by atoms with Crippen LogP contribution in [-0.2, 0) is 11.3 Å². The molecule has 2 amide bonds. The summed E-state index contributed by atoms with van der Waals surface area (Å²) in [6.45, 7) is 1.82. The van der Waals surface area contributed by atoms with Crippen LogP contribution in [0.2, 0.25) is 5.02 Å². The molecule has 0 fully saturated rings. The molecular formula is C20H18ClN5O2. The molecule has 8 heteroatoms. The molecule has 0 bridgehead atoms. The lowest BCUT2D eigenvalue weighted by Gasteiger charge is -2.09. The van der Waals surface area contributed by atoms with Gasteiger partial charge in [0, 0.05) is 35.9 Å². The number of anilines is 3. The van der Waals surface area contributed by atoms with Crippen molar-refractivity contribution in [2.45, 2.75) is 13.5 Å². The van der Waals surface area contributed by atoms with E-state index in [4.69, 9.17) is 11.6 Å². The Kier molecular flexibility index (Phi) is 6.18. The molecule has 0 radical (unpaired) electrons. The zero-order valence-electron chi connectivity index (χ0n) is 15.1. The molecule has 3 aromatic rings. The van der Waals surface area contributed by atoms with Gasteiger partial charge in [-0.05, 0) is 42.0 Å². The van der Waals surface area contributed by atoms with Crippen LogP contribution in [0.25, 0.3) is 0 Å². The summed E-state index contributed by atoms with van der Waals surface area (Å²) in [5, 5.41) is 9.26. The highest BCUT2D eigenvalue weighted by molar-refractivity contribution is 6.30. The molecule has 0 saturated heterocycles. The second-order valence-electron chi connectivity index (χ2n) is 5.98. The Labute approximate surface area is 167 Å². The van der Waals surface area contributed by atoms with E-state index in [2.05, 4.69) is 25.9 Å². The van der Waals surface area contributed by atoms with Gasteiger partial charge in [0.15, 0.2) is 0 Å². The first-order valence-corrected chi connectivity index (χ1v) is 8.87. The molecule has 7 nitrogen and oxygen atoms in total. The number of hydrogen-bond acceptors (Lipinski definition) is 5. The van der Waals surface area contributed by atoms with Gasteiger partial charge in [0.1, 0.15) is 17.8 Å². The van der Waals surface area contributed by atoms with E-state index in [0.29, 0.717) is 23.1 Å². The van der Waals surface area contributed by atoms with Crippen molar-refractivity contribution >= 4 is 40.6 Å². The maximum atomic E-state index is 12.3. The summed E-state index contributed by atoms with van der Waals surface area (Å²) in [7, 11) is 0. The van der Waals surface area contributed by atoms with Crippen molar-refractivity contribution in [3.63, 3.8) is 0 Å². The van der Waals surface area contributed by atoms with Gasteiger partial charge in [0.2, 0.25) is 5.91 Å². The van der Waals surface area contributed by atoms with Gasteiger partial charge in [-0.25, -0.2) is 9.97 Å². The first kappa shape index (κ1) is 19.3. The van der Waals surface area contributed by atoms with Crippen LogP contribution in [0.5, 0.6) is 0 Å². The van der Waals surface area contributed by atoms with Gasteiger partial charge in [-0.3, -0.25) is 9.59 Å². The SMILES string of the molecule is CC(=O)Nc1ccc(Nc2cc(C(=O)NCc3ccc(Cl)cc3)ncn2)cc1. The van der Waals surface area contributed by atoms with Crippen LogP contribution in [0.1, 0.15) is 23.0 Å². The number of carbonyl (C=O) groups is 2. The predicted octanol–water partition coefficient (Wildman–Crippen LogP) is 3.76. The van der Waals surface area contributed by atoms with E-state index in [1.165, 1.54) is 13.3 Å². The van der Waals surface area contributed by atoms with E-state index < -0.39 is 0 Å². The van der Waals surface area contributed by atoms with Gasteiger partial charge in [-0.1, -0.05) is 23.7 Å². The molecule has 0 unspecified atom stereocenters. The summed E-state index contributed by atoms with van der Waals surface area (Å²) >= 11 is 5.86. The fourth-order valence-corrected chi connectivity index (χ4v) is 2.54. The quantitative estimate of drug-likeness (QED) is 0.590. The molecule has 0 spiro atoms.